The van der Waals surface area contributed by atoms with Crippen molar-refractivity contribution in [2.24, 2.45) is 0 Å². The molecule has 256 valence electrons. The molecule has 0 fully saturated rings. The van der Waals surface area contributed by atoms with Crippen molar-refractivity contribution in [1.82, 2.24) is 0 Å². The minimum Gasteiger partial charge on any atom is -0.504 e. The van der Waals surface area contributed by atoms with Crippen LogP contribution in [0, 0.1) is 13.8 Å². The summed E-state index contributed by atoms with van der Waals surface area (Å²) in [5.41, 5.74) is 9.34. The topological polar surface area (TPSA) is 103 Å². The highest BCUT2D eigenvalue weighted by Crippen LogP contribution is 2.43. The molecule has 0 unspecified atom stereocenters. The van der Waals surface area contributed by atoms with Gasteiger partial charge in [0.25, 0.3) is 0 Å². The number of aromatic hydroxyl groups is 2. The van der Waals surface area contributed by atoms with E-state index in [1.165, 1.54) is 25.3 Å². The van der Waals surface area contributed by atoms with Gasteiger partial charge in [0.05, 0.1) is 27.4 Å². The van der Waals surface area contributed by atoms with Crippen LogP contribution in [0.4, 0.5) is 17.1 Å². The first-order chi connectivity index (χ1) is 23.3. The fourth-order valence-corrected chi connectivity index (χ4v) is 6.30. The molecule has 0 aliphatic carbocycles. The molecular weight excluding hydrogens is 614 g/mol. The fourth-order valence-electron chi connectivity index (χ4n) is 6.30. The zero-order valence-corrected chi connectivity index (χ0v) is 29.6. The Labute approximate surface area is 289 Å². The lowest BCUT2D eigenvalue weighted by Crippen LogP contribution is -2.20. The van der Waals surface area contributed by atoms with Crippen LogP contribution in [0.5, 0.6) is 23.0 Å². The van der Waals surface area contributed by atoms with Crippen molar-refractivity contribution in [2.45, 2.75) is 65.6 Å². The van der Waals surface area contributed by atoms with Crippen molar-refractivity contribution in [3.8, 4) is 23.0 Å². The van der Waals surface area contributed by atoms with E-state index in [1.54, 1.807) is 0 Å². The number of ether oxygens (including phenoxy) is 2. The van der Waals surface area contributed by atoms with Crippen LogP contribution in [0.15, 0.2) is 91.0 Å². The third-order valence-electron chi connectivity index (χ3n) is 9.97. The predicted octanol–water partition coefficient (Wildman–Crippen LogP) is 8.84. The lowest BCUT2D eigenvalue weighted by Gasteiger charge is -2.31. The van der Waals surface area contributed by atoms with Crippen LogP contribution in [0.2, 0.25) is 0 Å². The van der Waals surface area contributed by atoms with Crippen LogP contribution in [0.3, 0.4) is 0 Å². The summed E-state index contributed by atoms with van der Waals surface area (Å²) in [5.74, 6) is 0.571. The van der Waals surface area contributed by atoms with Gasteiger partial charge in [-0.1, -0.05) is 58.0 Å². The Kier molecular flexibility index (Phi) is 10.00. The SMILES string of the molecule is COc1cc(C(C)(C)c2ccc(N(c3ccc(C(C)(C)c4cc(CO)c(O)c(OC)c4)cc3)c3ccc(C)c(C)c3)cc2)cc(CO)c1O. The molecule has 0 heterocycles. The first kappa shape index (κ1) is 35.3. The molecule has 7 heteroatoms. The third kappa shape index (κ3) is 6.69. The van der Waals surface area contributed by atoms with Crippen LogP contribution < -0.4 is 14.4 Å². The van der Waals surface area contributed by atoms with Crippen molar-refractivity contribution in [2.75, 3.05) is 19.1 Å². The molecule has 7 nitrogen and oxygen atoms in total. The largest absolute Gasteiger partial charge is 0.504 e. The molecule has 0 aromatic heterocycles. The Morgan fingerprint density at radius 1 is 0.510 bits per heavy atom. The number of methoxy groups -OCH3 is 2. The van der Waals surface area contributed by atoms with Gasteiger partial charge in [0, 0.05) is 39.0 Å². The van der Waals surface area contributed by atoms with Gasteiger partial charge in [-0.2, -0.15) is 0 Å². The molecule has 0 spiro atoms. The van der Waals surface area contributed by atoms with E-state index in [4.69, 9.17) is 9.47 Å². The molecule has 5 aromatic rings. The van der Waals surface area contributed by atoms with Gasteiger partial charge in [0.15, 0.2) is 23.0 Å². The van der Waals surface area contributed by atoms with Crippen molar-refractivity contribution in [1.29, 1.82) is 0 Å². The summed E-state index contributed by atoms with van der Waals surface area (Å²) < 4.78 is 10.8. The summed E-state index contributed by atoms with van der Waals surface area (Å²) in [6, 6.07) is 30.7. The molecule has 0 saturated carbocycles. The number of nitrogens with zero attached hydrogens (tertiary/aromatic N) is 1. The van der Waals surface area contributed by atoms with Gasteiger partial charge >= 0.3 is 0 Å². The summed E-state index contributed by atoms with van der Waals surface area (Å²) in [7, 11) is 3.02. The van der Waals surface area contributed by atoms with Crippen LogP contribution in [-0.4, -0.2) is 34.6 Å². The fraction of sp³-hybridized carbons (Fsp3) is 0.286. The van der Waals surface area contributed by atoms with Gasteiger partial charge in [-0.3, -0.25) is 0 Å². The number of aryl methyl sites for hydroxylation is 2. The number of hydrogen-bond donors (Lipinski definition) is 4. The highest BCUT2D eigenvalue weighted by molar-refractivity contribution is 5.77. The molecule has 5 rings (SSSR count). The van der Waals surface area contributed by atoms with Gasteiger partial charge in [-0.05, 0) is 108 Å². The number of phenols is 2. The van der Waals surface area contributed by atoms with Crippen molar-refractivity contribution < 1.29 is 29.9 Å². The highest BCUT2D eigenvalue weighted by atomic mass is 16.5. The first-order valence-electron chi connectivity index (χ1n) is 16.4. The zero-order chi connectivity index (χ0) is 35.7. The monoisotopic (exact) mass is 661 g/mol. The van der Waals surface area contributed by atoms with Gasteiger partial charge in [0.2, 0.25) is 0 Å². The summed E-state index contributed by atoms with van der Waals surface area (Å²) >= 11 is 0. The van der Waals surface area contributed by atoms with E-state index in [9.17, 15) is 20.4 Å². The Bertz CT molecular complexity index is 1780. The Morgan fingerprint density at radius 3 is 1.24 bits per heavy atom. The number of rotatable bonds is 11. The van der Waals surface area contributed by atoms with Gasteiger partial charge in [0.1, 0.15) is 0 Å². The Morgan fingerprint density at radius 2 is 0.898 bits per heavy atom. The normalized spacial score (nSPS) is 11.8. The average Bonchev–Trinajstić information content (AvgIpc) is 3.10. The second kappa shape index (κ2) is 13.9. The van der Waals surface area contributed by atoms with Crippen molar-refractivity contribution in [3.63, 3.8) is 0 Å². The van der Waals surface area contributed by atoms with E-state index >= 15 is 0 Å². The van der Waals surface area contributed by atoms with Crippen LogP contribution in [0.25, 0.3) is 0 Å². The maximum atomic E-state index is 10.5. The number of aliphatic hydroxyl groups is 2. The average molecular weight is 662 g/mol. The summed E-state index contributed by atoms with van der Waals surface area (Å²) in [4.78, 5) is 2.24. The summed E-state index contributed by atoms with van der Waals surface area (Å²) in [6.45, 7) is 12.1. The summed E-state index contributed by atoms with van der Waals surface area (Å²) in [5, 5.41) is 40.7. The minimum atomic E-state index is -0.450. The van der Waals surface area contributed by atoms with E-state index in [1.807, 2.05) is 24.3 Å². The maximum absolute atomic E-state index is 10.5. The van der Waals surface area contributed by atoms with E-state index < -0.39 is 10.8 Å². The van der Waals surface area contributed by atoms with Crippen LogP contribution in [-0.2, 0) is 24.0 Å². The Hall–Kier alpha value is -4.98. The zero-order valence-electron chi connectivity index (χ0n) is 29.6. The number of aliphatic hydroxyl groups excluding tert-OH is 2. The second-order valence-electron chi connectivity index (χ2n) is 13.6. The van der Waals surface area contributed by atoms with Crippen molar-refractivity contribution in [3.05, 3.63) is 136 Å². The molecule has 5 aromatic carbocycles. The predicted molar refractivity (Wildman–Crippen MR) is 196 cm³/mol. The molecule has 4 N–H and O–H groups in total. The number of anilines is 3. The maximum Gasteiger partial charge on any atom is 0.163 e. The lowest BCUT2D eigenvalue weighted by atomic mass is 9.77. The molecular formula is C42H47NO6. The Balaban J connectivity index is 1.55. The molecule has 0 amide bonds. The molecule has 0 atom stereocenters. The van der Waals surface area contributed by atoms with E-state index in [0.717, 1.165) is 39.3 Å². The quantitative estimate of drug-likeness (QED) is 0.112. The molecule has 0 saturated heterocycles. The number of benzene rings is 5. The number of hydrogen-bond acceptors (Lipinski definition) is 7. The third-order valence-corrected chi connectivity index (χ3v) is 9.97. The van der Waals surface area contributed by atoms with E-state index in [2.05, 4.69) is 113 Å². The van der Waals surface area contributed by atoms with E-state index in [-0.39, 0.29) is 24.7 Å². The standard InChI is InChI=1S/C42H47NO6/c1-26-9-14-36(19-27(26)2)43(34-15-10-30(11-16-34)41(3,4)32-20-28(24-44)39(46)37(22-32)48-7)35-17-12-31(13-18-35)42(5,6)33-21-29(25-45)40(47)38(23-33)49-8/h9-23,44-47H,24-25H2,1-8H3. The molecule has 0 bridgehead atoms. The van der Waals surface area contributed by atoms with Crippen LogP contribution >= 0.6 is 0 Å². The van der Waals surface area contributed by atoms with Gasteiger partial charge in [-0.15, -0.1) is 0 Å². The second-order valence-corrected chi connectivity index (χ2v) is 13.6. The van der Waals surface area contributed by atoms with Crippen molar-refractivity contribution >= 4 is 17.1 Å². The minimum absolute atomic E-state index is 0.0453. The van der Waals surface area contributed by atoms with E-state index in [0.29, 0.717) is 22.6 Å². The highest BCUT2D eigenvalue weighted by Gasteiger charge is 2.28. The molecule has 0 aliphatic rings. The lowest BCUT2D eigenvalue weighted by molar-refractivity contribution is 0.271. The summed E-state index contributed by atoms with van der Waals surface area (Å²) in [6.07, 6.45) is 0. The van der Waals surface area contributed by atoms with Gasteiger partial charge in [-0.25, -0.2) is 0 Å². The molecule has 49 heavy (non-hydrogen) atoms. The molecule has 0 aliphatic heterocycles. The smallest absolute Gasteiger partial charge is 0.163 e. The van der Waals surface area contributed by atoms with Gasteiger partial charge < -0.3 is 34.8 Å². The first-order valence-corrected chi connectivity index (χ1v) is 16.4. The molecule has 0 radical (unpaired) electrons. The van der Waals surface area contributed by atoms with Crippen LogP contribution in [0.1, 0.15) is 72.2 Å².